The van der Waals surface area contributed by atoms with E-state index in [4.69, 9.17) is 16.3 Å². The van der Waals surface area contributed by atoms with E-state index >= 15 is 0 Å². The number of terminal acetylenes is 1. The lowest BCUT2D eigenvalue weighted by atomic mass is 9.75. The van der Waals surface area contributed by atoms with E-state index in [-0.39, 0.29) is 23.1 Å². The van der Waals surface area contributed by atoms with E-state index in [0.29, 0.717) is 39.0 Å². The highest BCUT2D eigenvalue weighted by Crippen LogP contribution is 2.41. The maximum atomic E-state index is 13.0. The number of Topliss-reactive ketones (excluding diaryl/α,β-unsaturated/α-hetero) is 1. The molecule has 1 aliphatic heterocycles. The minimum Gasteiger partial charge on any atom is -0.383 e. The Kier molecular flexibility index (Phi) is 5.71. The number of hydrogen-bond acceptors (Lipinski definition) is 4. The molecule has 1 amide bonds. The lowest BCUT2D eigenvalue weighted by Gasteiger charge is -2.30. The highest BCUT2D eigenvalue weighted by Gasteiger charge is 2.41. The van der Waals surface area contributed by atoms with E-state index in [0.717, 1.165) is 36.2 Å². The summed E-state index contributed by atoms with van der Waals surface area (Å²) in [7, 11) is 1.66. The van der Waals surface area contributed by atoms with Gasteiger partial charge >= 0.3 is 0 Å². The van der Waals surface area contributed by atoms with Crippen LogP contribution in [0, 0.1) is 17.8 Å². The van der Waals surface area contributed by atoms with Gasteiger partial charge in [0.1, 0.15) is 0 Å². The van der Waals surface area contributed by atoms with E-state index in [9.17, 15) is 9.59 Å². The smallest absolute Gasteiger partial charge is 0.224 e. The molecule has 1 atom stereocenters. The summed E-state index contributed by atoms with van der Waals surface area (Å²) >= 11 is 0. The summed E-state index contributed by atoms with van der Waals surface area (Å²) in [5, 5.41) is 4.82. The number of rotatable bonds is 6. The molecular weight excluding hydrogens is 342 g/mol. The number of methoxy groups -OCH3 is 1. The minimum absolute atomic E-state index is 0.0548. The molecule has 2 heterocycles. The monoisotopic (exact) mass is 371 g/mol. The Balaban J connectivity index is 1.98. The number of ether oxygens (including phenoxy) is 1. The molecule has 1 aromatic heterocycles. The van der Waals surface area contributed by atoms with E-state index < -0.39 is 0 Å². The van der Waals surface area contributed by atoms with Crippen LogP contribution in [0.15, 0.2) is 0 Å². The minimum atomic E-state index is -0.127. The van der Waals surface area contributed by atoms with Gasteiger partial charge in [0.15, 0.2) is 5.78 Å². The first-order valence-electron chi connectivity index (χ1n) is 9.72. The van der Waals surface area contributed by atoms with Crippen LogP contribution in [-0.4, -0.2) is 46.6 Å². The van der Waals surface area contributed by atoms with Crippen molar-refractivity contribution in [3.8, 4) is 12.3 Å². The predicted octanol–water partition coefficient (Wildman–Crippen LogP) is 2.76. The molecule has 27 heavy (non-hydrogen) atoms. The fourth-order valence-corrected chi connectivity index (χ4v) is 4.31. The maximum Gasteiger partial charge on any atom is 0.224 e. The van der Waals surface area contributed by atoms with Crippen molar-refractivity contribution in [1.82, 2.24) is 14.7 Å². The summed E-state index contributed by atoms with van der Waals surface area (Å²) in [6.07, 6.45) is 9.19. The zero-order valence-corrected chi connectivity index (χ0v) is 16.6. The molecule has 146 valence electrons. The van der Waals surface area contributed by atoms with Crippen LogP contribution in [-0.2, 0) is 22.5 Å². The Morgan fingerprint density at radius 2 is 2.19 bits per heavy atom. The third-order valence-electron chi connectivity index (χ3n) is 5.53. The SMILES string of the molecule is C#CCCC(=O)N1CCC[C@H]1c1nn(CCOC)c2c1C(=O)CC(C)(C)C2. The first kappa shape index (κ1) is 19.6. The van der Waals surface area contributed by atoms with Crippen molar-refractivity contribution in [3.05, 3.63) is 17.0 Å². The van der Waals surface area contributed by atoms with Crippen LogP contribution >= 0.6 is 0 Å². The number of nitrogens with zero attached hydrogens (tertiary/aromatic N) is 3. The highest BCUT2D eigenvalue weighted by atomic mass is 16.5. The molecule has 0 aromatic carbocycles. The van der Waals surface area contributed by atoms with E-state index in [1.54, 1.807) is 7.11 Å². The number of amides is 1. The average Bonchev–Trinajstić information content (AvgIpc) is 3.21. The van der Waals surface area contributed by atoms with Crippen LogP contribution in [0.1, 0.15) is 73.7 Å². The van der Waals surface area contributed by atoms with Crippen LogP contribution in [0.4, 0.5) is 0 Å². The third kappa shape index (κ3) is 3.93. The molecule has 1 saturated heterocycles. The first-order chi connectivity index (χ1) is 12.9. The molecule has 6 heteroatoms. The molecule has 1 fully saturated rings. The van der Waals surface area contributed by atoms with E-state index in [1.165, 1.54) is 0 Å². The standard InChI is InChI=1S/C21H29N3O3/c1-5-6-9-18(26)23-10-7-8-15(23)20-19-16(24(22-20)11-12-27-4)13-21(2,3)14-17(19)25/h1,15H,6-14H2,2-4H3/t15-/m0/s1. The van der Waals surface area contributed by atoms with Gasteiger partial charge in [-0.2, -0.15) is 5.10 Å². The Morgan fingerprint density at radius 3 is 2.89 bits per heavy atom. The van der Waals surface area contributed by atoms with Crippen molar-refractivity contribution < 1.29 is 14.3 Å². The fourth-order valence-electron chi connectivity index (χ4n) is 4.31. The van der Waals surface area contributed by atoms with Gasteiger partial charge in [0.05, 0.1) is 36.1 Å². The van der Waals surface area contributed by atoms with Gasteiger partial charge in [-0.1, -0.05) is 13.8 Å². The molecular formula is C21H29N3O3. The van der Waals surface area contributed by atoms with Gasteiger partial charge in [-0.15, -0.1) is 12.3 Å². The van der Waals surface area contributed by atoms with Crippen molar-refractivity contribution in [3.63, 3.8) is 0 Å². The summed E-state index contributed by atoms with van der Waals surface area (Å²) in [5.41, 5.74) is 2.43. The second-order valence-corrected chi connectivity index (χ2v) is 8.31. The Hall–Kier alpha value is -2.13. The Labute approximate surface area is 161 Å². The molecule has 2 aliphatic rings. The largest absolute Gasteiger partial charge is 0.383 e. The summed E-state index contributed by atoms with van der Waals surface area (Å²) in [4.78, 5) is 27.5. The fraction of sp³-hybridized carbons (Fsp3) is 0.667. The second kappa shape index (κ2) is 7.85. The zero-order valence-electron chi connectivity index (χ0n) is 16.6. The topological polar surface area (TPSA) is 64.4 Å². The van der Waals surface area contributed by atoms with Crippen molar-refractivity contribution in [2.45, 2.75) is 65.0 Å². The van der Waals surface area contributed by atoms with Gasteiger partial charge in [-0.25, -0.2) is 0 Å². The lowest BCUT2D eigenvalue weighted by molar-refractivity contribution is -0.132. The first-order valence-corrected chi connectivity index (χ1v) is 9.72. The summed E-state index contributed by atoms with van der Waals surface area (Å²) in [5.74, 6) is 2.73. The number of aromatic nitrogens is 2. The van der Waals surface area contributed by atoms with Gasteiger partial charge < -0.3 is 9.64 Å². The molecule has 1 aliphatic carbocycles. The van der Waals surface area contributed by atoms with Crippen LogP contribution in [0.5, 0.6) is 0 Å². The number of hydrogen-bond donors (Lipinski definition) is 0. The molecule has 0 radical (unpaired) electrons. The average molecular weight is 371 g/mol. The van der Waals surface area contributed by atoms with Crippen LogP contribution < -0.4 is 0 Å². The quantitative estimate of drug-likeness (QED) is 0.722. The Morgan fingerprint density at radius 1 is 1.41 bits per heavy atom. The lowest BCUT2D eigenvalue weighted by Crippen LogP contribution is -2.32. The van der Waals surface area contributed by atoms with Gasteiger partial charge in [-0.3, -0.25) is 14.3 Å². The molecule has 0 bridgehead atoms. The maximum absolute atomic E-state index is 13.0. The van der Waals surface area contributed by atoms with Crippen molar-refractivity contribution in [1.29, 1.82) is 0 Å². The van der Waals surface area contributed by atoms with Crippen molar-refractivity contribution >= 4 is 11.7 Å². The van der Waals surface area contributed by atoms with E-state index in [2.05, 4.69) is 19.8 Å². The van der Waals surface area contributed by atoms with Crippen molar-refractivity contribution in [2.24, 2.45) is 5.41 Å². The predicted molar refractivity (Wildman–Crippen MR) is 102 cm³/mol. The molecule has 0 N–H and O–H groups in total. The highest BCUT2D eigenvalue weighted by molar-refractivity contribution is 6.00. The van der Waals surface area contributed by atoms with E-state index in [1.807, 2.05) is 9.58 Å². The molecule has 1 aromatic rings. The number of likely N-dealkylation sites (tertiary alicyclic amines) is 1. The summed E-state index contributed by atoms with van der Waals surface area (Å²) in [6, 6.07) is -0.127. The molecule has 0 unspecified atom stereocenters. The number of fused-ring (bicyclic) bond motifs is 1. The molecule has 6 nitrogen and oxygen atoms in total. The van der Waals surface area contributed by atoms with Crippen LogP contribution in [0.3, 0.4) is 0 Å². The Bertz CT molecular complexity index is 772. The number of carbonyl (C=O) groups excluding carboxylic acids is 2. The van der Waals surface area contributed by atoms with Gasteiger partial charge in [0.2, 0.25) is 5.91 Å². The molecule has 0 saturated carbocycles. The summed E-state index contributed by atoms with van der Waals surface area (Å²) < 4.78 is 7.15. The normalized spacial score (nSPS) is 21.2. The van der Waals surface area contributed by atoms with Gasteiger partial charge in [0, 0.05) is 32.9 Å². The third-order valence-corrected chi connectivity index (χ3v) is 5.53. The van der Waals surface area contributed by atoms with Crippen LogP contribution in [0.2, 0.25) is 0 Å². The van der Waals surface area contributed by atoms with Gasteiger partial charge in [0.25, 0.3) is 0 Å². The van der Waals surface area contributed by atoms with Gasteiger partial charge in [-0.05, 0) is 24.7 Å². The summed E-state index contributed by atoms with van der Waals surface area (Å²) in [6.45, 7) is 6.09. The van der Waals surface area contributed by atoms with Crippen LogP contribution in [0.25, 0.3) is 0 Å². The number of carbonyl (C=O) groups is 2. The zero-order chi connectivity index (χ0) is 19.6. The second-order valence-electron chi connectivity index (χ2n) is 8.31. The number of ketones is 1. The molecule has 3 rings (SSSR count). The molecule has 0 spiro atoms. The van der Waals surface area contributed by atoms with Crippen molar-refractivity contribution in [2.75, 3.05) is 20.3 Å².